The Morgan fingerprint density at radius 2 is 1.85 bits per heavy atom. The molecule has 0 saturated carbocycles. The lowest BCUT2D eigenvalue weighted by molar-refractivity contribution is 0.0900. The van der Waals surface area contributed by atoms with Gasteiger partial charge in [0.25, 0.3) is 0 Å². The molecular weight excluding hydrogens is 248 g/mol. The average molecular weight is 262 g/mol. The molecule has 1 aliphatic heterocycles. The molecule has 2 aromatic carbocycles. The molecule has 0 fully saturated rings. The summed E-state index contributed by atoms with van der Waals surface area (Å²) in [5.41, 5.74) is 2.76. The fraction of sp³-hybridized carbons (Fsp3) is 0.167. The van der Waals surface area contributed by atoms with Gasteiger partial charge >= 0.3 is 0 Å². The van der Waals surface area contributed by atoms with Gasteiger partial charge in [0.05, 0.1) is 12.0 Å². The normalized spacial score (nSPS) is 16.6. The summed E-state index contributed by atoms with van der Waals surface area (Å²) < 4.78 is 5.77. The second kappa shape index (κ2) is 5.22. The number of fused-ring (bicyclic) bond motifs is 1. The van der Waals surface area contributed by atoms with E-state index in [1.54, 1.807) is 6.07 Å². The third-order valence-corrected chi connectivity index (χ3v) is 3.34. The van der Waals surface area contributed by atoms with Gasteiger partial charge in [0, 0.05) is 5.56 Å². The van der Waals surface area contributed by atoms with Gasteiger partial charge in [-0.2, -0.15) is 0 Å². The van der Waals surface area contributed by atoms with Crippen molar-refractivity contribution >= 4 is 5.78 Å². The van der Waals surface area contributed by atoms with Crippen LogP contribution in [0.2, 0.25) is 0 Å². The van der Waals surface area contributed by atoms with Crippen LogP contribution in [0.15, 0.2) is 48.5 Å². The summed E-state index contributed by atoms with van der Waals surface area (Å²) in [5.74, 6) is 6.89. The molecule has 2 nitrogen and oxygen atoms in total. The predicted molar refractivity (Wildman–Crippen MR) is 77.9 cm³/mol. The number of carbonyl (C=O) groups is 1. The molecule has 2 aromatic rings. The maximum absolute atomic E-state index is 12.0. The number of hydrogen-bond acceptors (Lipinski definition) is 2. The van der Waals surface area contributed by atoms with Crippen molar-refractivity contribution in [3.8, 4) is 17.6 Å². The molecule has 1 atom stereocenters. The first-order valence-electron chi connectivity index (χ1n) is 6.60. The van der Waals surface area contributed by atoms with Crippen molar-refractivity contribution in [3.05, 3.63) is 65.2 Å². The molecule has 0 saturated heterocycles. The second-order valence-electron chi connectivity index (χ2n) is 4.81. The summed E-state index contributed by atoms with van der Waals surface area (Å²) in [4.78, 5) is 12.0. The lowest BCUT2D eigenvalue weighted by atomic mass is 10.0. The lowest BCUT2D eigenvalue weighted by Gasteiger charge is -2.21. The van der Waals surface area contributed by atoms with Crippen molar-refractivity contribution in [1.29, 1.82) is 0 Å². The standard InChI is InChI=1S/C18H14O2/c1-13-6-2-3-7-14(13)10-11-15-12-17(19)16-8-4-5-9-18(16)20-15/h2-9,15H,12H2,1H3/t15-/m0/s1. The third kappa shape index (κ3) is 2.44. The van der Waals surface area contributed by atoms with Crippen molar-refractivity contribution in [2.24, 2.45) is 0 Å². The maximum atomic E-state index is 12.0. The molecule has 0 N–H and O–H groups in total. The summed E-state index contributed by atoms with van der Waals surface area (Å²) in [6.45, 7) is 2.02. The molecule has 1 aliphatic rings. The smallest absolute Gasteiger partial charge is 0.171 e. The van der Waals surface area contributed by atoms with Gasteiger partial charge in [-0.3, -0.25) is 4.79 Å². The Labute approximate surface area is 118 Å². The fourth-order valence-electron chi connectivity index (χ4n) is 2.22. The highest BCUT2D eigenvalue weighted by Gasteiger charge is 2.24. The van der Waals surface area contributed by atoms with Gasteiger partial charge < -0.3 is 4.74 Å². The number of ether oxygens (including phenoxy) is 1. The molecule has 0 aromatic heterocycles. The third-order valence-electron chi connectivity index (χ3n) is 3.34. The minimum Gasteiger partial charge on any atom is -0.477 e. The fourth-order valence-corrected chi connectivity index (χ4v) is 2.22. The molecule has 2 heteroatoms. The summed E-state index contributed by atoms with van der Waals surface area (Å²) in [7, 11) is 0. The molecule has 20 heavy (non-hydrogen) atoms. The molecule has 1 heterocycles. The highest BCUT2D eigenvalue weighted by molar-refractivity contribution is 6.00. The molecule has 0 unspecified atom stereocenters. The van der Waals surface area contributed by atoms with E-state index in [9.17, 15) is 4.79 Å². The van der Waals surface area contributed by atoms with E-state index < -0.39 is 0 Å². The van der Waals surface area contributed by atoms with E-state index in [1.165, 1.54) is 0 Å². The zero-order valence-corrected chi connectivity index (χ0v) is 11.2. The number of rotatable bonds is 0. The van der Waals surface area contributed by atoms with E-state index in [0.717, 1.165) is 11.1 Å². The van der Waals surface area contributed by atoms with E-state index >= 15 is 0 Å². The molecule has 0 bridgehead atoms. The van der Waals surface area contributed by atoms with Crippen LogP contribution in [0.25, 0.3) is 0 Å². The van der Waals surface area contributed by atoms with Crippen LogP contribution in [-0.2, 0) is 0 Å². The van der Waals surface area contributed by atoms with Crippen LogP contribution < -0.4 is 4.74 Å². The number of carbonyl (C=O) groups excluding carboxylic acids is 1. The number of aryl methyl sites for hydroxylation is 1. The summed E-state index contributed by atoms with van der Waals surface area (Å²) in [6.07, 6.45) is -0.0485. The predicted octanol–water partition coefficient (Wildman–Crippen LogP) is 3.38. The van der Waals surface area contributed by atoms with E-state index in [0.29, 0.717) is 17.7 Å². The highest BCUT2D eigenvalue weighted by Crippen LogP contribution is 2.26. The van der Waals surface area contributed by atoms with Crippen molar-refractivity contribution in [2.45, 2.75) is 19.4 Å². The SMILES string of the molecule is Cc1ccccc1C#C[C@H]1CC(=O)c2ccccc2O1. The Morgan fingerprint density at radius 1 is 1.10 bits per heavy atom. The highest BCUT2D eigenvalue weighted by atomic mass is 16.5. The van der Waals surface area contributed by atoms with Crippen LogP contribution in [0.3, 0.4) is 0 Å². The Morgan fingerprint density at radius 3 is 2.70 bits per heavy atom. The van der Waals surface area contributed by atoms with Gasteiger partial charge in [-0.1, -0.05) is 42.2 Å². The zero-order valence-electron chi connectivity index (χ0n) is 11.2. The van der Waals surface area contributed by atoms with Gasteiger partial charge in [-0.25, -0.2) is 0 Å². The van der Waals surface area contributed by atoms with Gasteiger partial charge in [0.1, 0.15) is 5.75 Å². The van der Waals surface area contributed by atoms with Gasteiger partial charge in [-0.15, -0.1) is 0 Å². The molecule has 0 aliphatic carbocycles. The molecule has 0 spiro atoms. The zero-order chi connectivity index (χ0) is 13.9. The van der Waals surface area contributed by atoms with Crippen LogP contribution in [-0.4, -0.2) is 11.9 Å². The van der Waals surface area contributed by atoms with Crippen molar-refractivity contribution in [2.75, 3.05) is 0 Å². The van der Waals surface area contributed by atoms with Crippen LogP contribution in [0.1, 0.15) is 27.9 Å². The van der Waals surface area contributed by atoms with E-state index in [2.05, 4.69) is 11.8 Å². The van der Waals surface area contributed by atoms with Crippen molar-refractivity contribution in [3.63, 3.8) is 0 Å². The Bertz CT molecular complexity index is 719. The van der Waals surface area contributed by atoms with E-state index in [4.69, 9.17) is 4.74 Å². The maximum Gasteiger partial charge on any atom is 0.171 e. The first-order chi connectivity index (χ1) is 9.74. The monoisotopic (exact) mass is 262 g/mol. The van der Waals surface area contributed by atoms with E-state index in [-0.39, 0.29) is 11.9 Å². The van der Waals surface area contributed by atoms with Crippen molar-refractivity contribution in [1.82, 2.24) is 0 Å². The number of hydrogen-bond donors (Lipinski definition) is 0. The Hall–Kier alpha value is -2.53. The quantitative estimate of drug-likeness (QED) is 0.680. The largest absolute Gasteiger partial charge is 0.477 e. The molecule has 3 rings (SSSR count). The van der Waals surface area contributed by atoms with Crippen LogP contribution in [0.4, 0.5) is 0 Å². The van der Waals surface area contributed by atoms with Crippen LogP contribution >= 0.6 is 0 Å². The molecule has 98 valence electrons. The number of Topliss-reactive ketones (excluding diaryl/α,β-unsaturated/α-hetero) is 1. The lowest BCUT2D eigenvalue weighted by Crippen LogP contribution is -2.25. The van der Waals surface area contributed by atoms with Crippen molar-refractivity contribution < 1.29 is 9.53 Å². The second-order valence-corrected chi connectivity index (χ2v) is 4.81. The Balaban J connectivity index is 1.85. The number of benzene rings is 2. The summed E-state index contributed by atoms with van der Waals surface area (Å²) in [5, 5.41) is 0. The number of ketones is 1. The number of para-hydroxylation sites is 1. The molecule has 0 radical (unpaired) electrons. The van der Waals surface area contributed by atoms with Crippen LogP contribution in [0.5, 0.6) is 5.75 Å². The minimum absolute atomic E-state index is 0.0935. The van der Waals surface area contributed by atoms with Gasteiger partial charge in [0.15, 0.2) is 11.9 Å². The Kier molecular flexibility index (Phi) is 3.26. The first-order valence-corrected chi connectivity index (χ1v) is 6.60. The van der Waals surface area contributed by atoms with Gasteiger partial charge in [0.2, 0.25) is 0 Å². The average Bonchev–Trinajstić information content (AvgIpc) is 2.46. The topological polar surface area (TPSA) is 26.3 Å². The molecule has 0 amide bonds. The minimum atomic E-state index is -0.364. The van der Waals surface area contributed by atoms with Gasteiger partial charge in [-0.05, 0) is 30.7 Å². The summed E-state index contributed by atoms with van der Waals surface area (Å²) in [6, 6.07) is 15.3. The first kappa shape index (κ1) is 12.5. The molecular formula is C18H14O2. The summed E-state index contributed by atoms with van der Waals surface area (Å²) >= 11 is 0. The van der Waals surface area contributed by atoms with Crippen LogP contribution in [0, 0.1) is 18.8 Å². The van der Waals surface area contributed by atoms with E-state index in [1.807, 2.05) is 49.4 Å².